The molecule has 0 bridgehead atoms. The number of imidazole rings is 1. The molecular formula is C26H24N4O. The second-order valence-corrected chi connectivity index (χ2v) is 7.79. The lowest BCUT2D eigenvalue weighted by molar-refractivity contribution is -0.121. The Morgan fingerprint density at radius 1 is 1.00 bits per heavy atom. The number of nitrogens with zero attached hydrogens (tertiary/aromatic N) is 2. The lowest BCUT2D eigenvalue weighted by Crippen LogP contribution is -2.31. The average molecular weight is 409 g/mol. The average Bonchev–Trinajstić information content (AvgIpc) is 3.38. The van der Waals surface area contributed by atoms with Gasteiger partial charge in [0.2, 0.25) is 5.91 Å². The summed E-state index contributed by atoms with van der Waals surface area (Å²) in [5.41, 5.74) is 5.24. The summed E-state index contributed by atoms with van der Waals surface area (Å²) in [5, 5.41) is 4.40. The maximum absolute atomic E-state index is 13.0. The van der Waals surface area contributed by atoms with Gasteiger partial charge in [-0.3, -0.25) is 4.79 Å². The van der Waals surface area contributed by atoms with Gasteiger partial charge in [-0.1, -0.05) is 60.7 Å². The number of carbonyl (C=O) groups excluding carboxylic acids is 1. The molecule has 31 heavy (non-hydrogen) atoms. The summed E-state index contributed by atoms with van der Waals surface area (Å²) >= 11 is 0. The topological polar surface area (TPSA) is 62.7 Å². The minimum Gasteiger partial charge on any atom is -0.361 e. The van der Waals surface area contributed by atoms with Gasteiger partial charge in [0, 0.05) is 30.6 Å². The lowest BCUT2D eigenvalue weighted by Gasteiger charge is -2.19. The predicted molar refractivity (Wildman–Crippen MR) is 124 cm³/mol. The highest BCUT2D eigenvalue weighted by Gasteiger charge is 2.22. The van der Waals surface area contributed by atoms with Gasteiger partial charge in [0.25, 0.3) is 0 Å². The monoisotopic (exact) mass is 408 g/mol. The summed E-state index contributed by atoms with van der Waals surface area (Å²) in [6.07, 6.45) is 3.09. The van der Waals surface area contributed by atoms with Crippen molar-refractivity contribution in [2.75, 3.05) is 0 Å². The highest BCUT2D eigenvalue weighted by atomic mass is 16.1. The number of H-pyrrole nitrogens is 1. The first-order valence-corrected chi connectivity index (χ1v) is 10.5. The van der Waals surface area contributed by atoms with Crippen LogP contribution in [0.3, 0.4) is 0 Å². The quantitative estimate of drug-likeness (QED) is 0.420. The normalized spacial score (nSPS) is 12.3. The van der Waals surface area contributed by atoms with Crippen molar-refractivity contribution in [3.05, 3.63) is 102 Å². The summed E-state index contributed by atoms with van der Waals surface area (Å²) in [5.74, 6) is 0.832. The van der Waals surface area contributed by atoms with Crippen molar-refractivity contribution < 1.29 is 4.79 Å². The van der Waals surface area contributed by atoms with Crippen LogP contribution in [0.5, 0.6) is 0 Å². The third-order valence-corrected chi connectivity index (χ3v) is 5.81. The number of aromatic amines is 1. The Morgan fingerprint density at radius 3 is 2.58 bits per heavy atom. The molecule has 5 rings (SSSR count). The number of hydrogen-bond acceptors (Lipinski definition) is 2. The van der Waals surface area contributed by atoms with E-state index in [0.29, 0.717) is 12.8 Å². The zero-order valence-corrected chi connectivity index (χ0v) is 17.4. The van der Waals surface area contributed by atoms with Crippen LogP contribution in [0.25, 0.3) is 21.9 Å². The third kappa shape index (κ3) is 3.70. The maximum Gasteiger partial charge on any atom is 0.221 e. The molecule has 0 aliphatic carbocycles. The van der Waals surface area contributed by atoms with E-state index in [2.05, 4.69) is 27.0 Å². The molecule has 2 heterocycles. The van der Waals surface area contributed by atoms with Crippen molar-refractivity contribution in [1.82, 2.24) is 19.9 Å². The Morgan fingerprint density at radius 2 is 1.74 bits per heavy atom. The number of fused-ring (bicyclic) bond motifs is 2. The molecule has 0 aliphatic heterocycles. The van der Waals surface area contributed by atoms with E-state index in [4.69, 9.17) is 4.98 Å². The second kappa shape index (κ2) is 8.11. The molecule has 2 N–H and O–H groups in total. The van der Waals surface area contributed by atoms with Crippen LogP contribution < -0.4 is 5.32 Å². The first-order chi connectivity index (χ1) is 15.2. The molecule has 0 saturated carbocycles. The molecule has 1 atom stereocenters. The molecule has 2 aromatic heterocycles. The van der Waals surface area contributed by atoms with Crippen molar-refractivity contribution in [1.29, 1.82) is 0 Å². The minimum absolute atomic E-state index is 0.00573. The molecule has 0 aliphatic rings. The number of aromatic nitrogens is 3. The van der Waals surface area contributed by atoms with Gasteiger partial charge in [0.15, 0.2) is 0 Å². The van der Waals surface area contributed by atoms with Gasteiger partial charge in [-0.15, -0.1) is 0 Å². The molecule has 0 fully saturated rings. The Balaban J connectivity index is 1.41. The van der Waals surface area contributed by atoms with Crippen LogP contribution in [0, 0.1) is 0 Å². The van der Waals surface area contributed by atoms with Crippen LogP contribution in [-0.2, 0) is 18.3 Å². The molecule has 5 heteroatoms. The largest absolute Gasteiger partial charge is 0.361 e. The molecule has 0 spiro atoms. The van der Waals surface area contributed by atoms with E-state index >= 15 is 0 Å². The summed E-state index contributed by atoms with van der Waals surface area (Å²) in [4.78, 5) is 21.1. The predicted octanol–water partition coefficient (Wildman–Crippen LogP) is 4.89. The van der Waals surface area contributed by atoms with E-state index in [1.807, 2.05) is 80.0 Å². The van der Waals surface area contributed by atoms with E-state index in [-0.39, 0.29) is 11.9 Å². The Hall–Kier alpha value is -3.86. The standard InChI is InChI=1S/C26H24N4O/c1-30-23-14-8-7-13-22(23)28-26(30)25(18-9-3-2-4-10-18)29-24(31)16-15-19-17-27-21-12-6-5-11-20(19)21/h2-14,17,25,27H,15-16H2,1H3,(H,29,31)/t25-/m1/s1. The van der Waals surface area contributed by atoms with E-state index in [0.717, 1.165) is 33.5 Å². The molecule has 0 saturated heterocycles. The molecule has 154 valence electrons. The summed E-state index contributed by atoms with van der Waals surface area (Å²) in [6.45, 7) is 0. The summed E-state index contributed by atoms with van der Waals surface area (Å²) in [7, 11) is 2.00. The Kier molecular flexibility index (Phi) is 5.00. The number of nitrogens with one attached hydrogen (secondary N) is 2. The molecule has 5 nitrogen and oxygen atoms in total. The van der Waals surface area contributed by atoms with Crippen molar-refractivity contribution in [3.63, 3.8) is 0 Å². The number of aryl methyl sites for hydroxylation is 2. The third-order valence-electron chi connectivity index (χ3n) is 5.81. The number of rotatable bonds is 6. The van der Waals surface area contributed by atoms with Crippen molar-refractivity contribution in [3.8, 4) is 0 Å². The molecule has 1 amide bonds. The van der Waals surface area contributed by atoms with Crippen molar-refractivity contribution in [2.45, 2.75) is 18.9 Å². The highest BCUT2D eigenvalue weighted by Crippen LogP contribution is 2.25. The van der Waals surface area contributed by atoms with Crippen LogP contribution in [-0.4, -0.2) is 20.4 Å². The van der Waals surface area contributed by atoms with Gasteiger partial charge >= 0.3 is 0 Å². The fourth-order valence-electron chi connectivity index (χ4n) is 4.18. The van der Waals surface area contributed by atoms with Crippen LogP contribution in [0.15, 0.2) is 85.1 Å². The van der Waals surface area contributed by atoms with Crippen LogP contribution in [0.4, 0.5) is 0 Å². The van der Waals surface area contributed by atoms with E-state index < -0.39 is 0 Å². The smallest absolute Gasteiger partial charge is 0.221 e. The number of benzene rings is 3. The number of hydrogen-bond donors (Lipinski definition) is 2. The molecule has 3 aromatic carbocycles. The van der Waals surface area contributed by atoms with Crippen molar-refractivity contribution in [2.24, 2.45) is 7.05 Å². The van der Waals surface area contributed by atoms with Crippen LogP contribution >= 0.6 is 0 Å². The number of carbonyl (C=O) groups is 1. The van der Waals surface area contributed by atoms with Gasteiger partial charge < -0.3 is 14.9 Å². The highest BCUT2D eigenvalue weighted by molar-refractivity contribution is 5.84. The van der Waals surface area contributed by atoms with Gasteiger partial charge in [-0.2, -0.15) is 0 Å². The van der Waals surface area contributed by atoms with Gasteiger partial charge in [-0.05, 0) is 35.7 Å². The molecule has 0 unspecified atom stereocenters. The van der Waals surface area contributed by atoms with Gasteiger partial charge in [0.05, 0.1) is 11.0 Å². The fraction of sp³-hybridized carbons (Fsp3) is 0.154. The first kappa shape index (κ1) is 19.1. The van der Waals surface area contributed by atoms with E-state index in [1.165, 1.54) is 5.39 Å². The SMILES string of the molecule is Cn1c([C@H](NC(=O)CCc2c[nH]c3ccccc23)c2ccccc2)nc2ccccc21. The molecule has 5 aromatic rings. The fourth-order valence-corrected chi connectivity index (χ4v) is 4.18. The zero-order valence-electron chi connectivity index (χ0n) is 17.4. The van der Waals surface area contributed by atoms with Gasteiger partial charge in [-0.25, -0.2) is 4.98 Å². The Bertz CT molecular complexity index is 1350. The molecule has 0 radical (unpaired) electrons. The first-order valence-electron chi connectivity index (χ1n) is 10.5. The lowest BCUT2D eigenvalue weighted by atomic mass is 10.0. The number of para-hydroxylation sites is 3. The minimum atomic E-state index is -0.311. The maximum atomic E-state index is 13.0. The van der Waals surface area contributed by atoms with Crippen LogP contribution in [0.2, 0.25) is 0 Å². The van der Waals surface area contributed by atoms with E-state index in [9.17, 15) is 4.79 Å². The number of amides is 1. The van der Waals surface area contributed by atoms with E-state index in [1.54, 1.807) is 0 Å². The second-order valence-electron chi connectivity index (χ2n) is 7.79. The summed E-state index contributed by atoms with van der Waals surface area (Å²) in [6, 6.07) is 25.9. The van der Waals surface area contributed by atoms with Gasteiger partial charge in [0.1, 0.15) is 11.9 Å². The van der Waals surface area contributed by atoms with Crippen LogP contribution in [0.1, 0.15) is 29.4 Å². The Labute approximate surface area is 180 Å². The molecular weight excluding hydrogens is 384 g/mol. The zero-order chi connectivity index (χ0) is 21.2. The summed E-state index contributed by atoms with van der Waals surface area (Å²) < 4.78 is 2.06. The van der Waals surface area contributed by atoms with Crippen molar-refractivity contribution >= 4 is 27.8 Å².